The van der Waals surface area contributed by atoms with Gasteiger partial charge in [0.15, 0.2) is 0 Å². The molecule has 0 saturated carbocycles. The summed E-state index contributed by atoms with van der Waals surface area (Å²) in [4.78, 5) is 0. The summed E-state index contributed by atoms with van der Waals surface area (Å²) in [5.74, 6) is 0. The molecule has 2 N–H and O–H groups in total. The predicted octanol–water partition coefficient (Wildman–Crippen LogP) is 1.22. The average molecular weight is 139 g/mol. The van der Waals surface area contributed by atoms with Gasteiger partial charge in [0, 0.05) is 7.11 Å². The Kier molecular flexibility index (Phi) is 5.48. The Balaban J connectivity index is 3.90. The van der Waals surface area contributed by atoms with Crippen molar-refractivity contribution in [3.8, 4) is 0 Å². The number of nitrogens with two attached hydrogens (primary N) is 1. The van der Waals surface area contributed by atoms with E-state index in [1.165, 1.54) is 6.20 Å². The van der Waals surface area contributed by atoms with E-state index >= 15 is 0 Å². The van der Waals surface area contributed by atoms with Crippen molar-refractivity contribution in [3.05, 3.63) is 36.6 Å². The van der Waals surface area contributed by atoms with E-state index in [1.54, 1.807) is 19.3 Å². The van der Waals surface area contributed by atoms with Crippen molar-refractivity contribution in [2.75, 3.05) is 13.7 Å². The summed E-state index contributed by atoms with van der Waals surface area (Å²) in [5.41, 5.74) is 6.15. The zero-order valence-corrected chi connectivity index (χ0v) is 6.21. The van der Waals surface area contributed by atoms with Crippen molar-refractivity contribution in [2.45, 2.75) is 0 Å². The minimum atomic E-state index is 0.577. The van der Waals surface area contributed by atoms with Gasteiger partial charge in [-0.3, -0.25) is 0 Å². The first-order chi connectivity index (χ1) is 4.85. The normalized spacial score (nSPS) is 12.3. The molecule has 0 saturated heterocycles. The second-order valence-corrected chi connectivity index (χ2v) is 1.76. The van der Waals surface area contributed by atoms with Crippen molar-refractivity contribution in [1.82, 2.24) is 0 Å². The molecule has 0 aliphatic carbocycles. The Morgan fingerprint density at radius 1 is 1.70 bits per heavy atom. The summed E-state index contributed by atoms with van der Waals surface area (Å²) < 4.78 is 4.88. The van der Waals surface area contributed by atoms with Crippen LogP contribution in [-0.2, 0) is 4.74 Å². The van der Waals surface area contributed by atoms with Gasteiger partial charge >= 0.3 is 0 Å². The van der Waals surface area contributed by atoms with Gasteiger partial charge in [0.1, 0.15) is 0 Å². The van der Waals surface area contributed by atoms with Crippen LogP contribution in [0.2, 0.25) is 0 Å². The van der Waals surface area contributed by atoms with Gasteiger partial charge < -0.3 is 10.5 Å². The molecule has 0 aromatic heterocycles. The minimum Gasteiger partial charge on any atom is -0.405 e. The molecule has 10 heavy (non-hydrogen) atoms. The lowest BCUT2D eigenvalue weighted by molar-refractivity contribution is 0.228. The van der Waals surface area contributed by atoms with Crippen LogP contribution in [-0.4, -0.2) is 13.7 Å². The maximum Gasteiger partial charge on any atom is 0.0712 e. The van der Waals surface area contributed by atoms with E-state index in [2.05, 4.69) is 6.58 Å². The molecule has 0 atom stereocenters. The Morgan fingerprint density at radius 3 is 2.80 bits per heavy atom. The molecule has 0 rings (SSSR count). The molecular formula is C8H13NO. The summed E-state index contributed by atoms with van der Waals surface area (Å²) >= 11 is 0. The highest BCUT2D eigenvalue weighted by molar-refractivity contribution is 5.21. The van der Waals surface area contributed by atoms with Gasteiger partial charge in [0.25, 0.3) is 0 Å². The van der Waals surface area contributed by atoms with Crippen molar-refractivity contribution in [2.24, 2.45) is 5.73 Å². The second kappa shape index (κ2) is 6.11. The highest BCUT2D eigenvalue weighted by Gasteiger charge is 1.85. The third-order valence-electron chi connectivity index (χ3n) is 0.995. The molecule has 0 amide bonds. The Labute approximate surface area is 61.7 Å². The maximum atomic E-state index is 5.13. The monoisotopic (exact) mass is 139 g/mol. The lowest BCUT2D eigenvalue weighted by Gasteiger charge is -1.95. The van der Waals surface area contributed by atoms with Gasteiger partial charge in [-0.15, -0.1) is 0 Å². The summed E-state index contributed by atoms with van der Waals surface area (Å²) in [5, 5.41) is 0. The molecule has 0 fully saturated rings. The van der Waals surface area contributed by atoms with Crippen LogP contribution in [0, 0.1) is 0 Å². The number of ether oxygens (including phenoxy) is 1. The highest BCUT2D eigenvalue weighted by Crippen LogP contribution is 1.95. The van der Waals surface area contributed by atoms with Crippen molar-refractivity contribution in [1.29, 1.82) is 0 Å². The molecule has 0 aliphatic heterocycles. The third kappa shape index (κ3) is 3.92. The van der Waals surface area contributed by atoms with Gasteiger partial charge in [-0.25, -0.2) is 0 Å². The van der Waals surface area contributed by atoms with Crippen LogP contribution < -0.4 is 5.73 Å². The van der Waals surface area contributed by atoms with E-state index in [9.17, 15) is 0 Å². The molecule has 0 aromatic rings. The van der Waals surface area contributed by atoms with Gasteiger partial charge in [-0.05, 0) is 17.8 Å². The van der Waals surface area contributed by atoms with E-state index in [4.69, 9.17) is 10.5 Å². The van der Waals surface area contributed by atoms with E-state index in [0.717, 1.165) is 5.57 Å². The van der Waals surface area contributed by atoms with Crippen molar-refractivity contribution >= 4 is 0 Å². The van der Waals surface area contributed by atoms with Crippen molar-refractivity contribution < 1.29 is 4.74 Å². The summed E-state index contributed by atoms with van der Waals surface area (Å²) in [7, 11) is 1.64. The quantitative estimate of drug-likeness (QED) is 0.594. The molecule has 0 heterocycles. The van der Waals surface area contributed by atoms with E-state index < -0.39 is 0 Å². The largest absolute Gasteiger partial charge is 0.405 e. The smallest absolute Gasteiger partial charge is 0.0712 e. The van der Waals surface area contributed by atoms with Crippen LogP contribution in [0.4, 0.5) is 0 Å². The fourth-order valence-electron chi connectivity index (χ4n) is 0.521. The van der Waals surface area contributed by atoms with Gasteiger partial charge in [0.05, 0.1) is 6.61 Å². The topological polar surface area (TPSA) is 35.2 Å². The third-order valence-corrected chi connectivity index (χ3v) is 0.995. The number of hydrogen-bond acceptors (Lipinski definition) is 2. The molecule has 0 aromatic carbocycles. The molecule has 2 nitrogen and oxygen atoms in total. The summed E-state index contributed by atoms with van der Waals surface area (Å²) in [6, 6.07) is 0. The van der Waals surface area contributed by atoms with Crippen LogP contribution in [0.5, 0.6) is 0 Å². The molecule has 0 spiro atoms. The van der Waals surface area contributed by atoms with Crippen molar-refractivity contribution in [3.63, 3.8) is 0 Å². The van der Waals surface area contributed by atoms with E-state index in [1.807, 2.05) is 6.08 Å². The Hall–Kier alpha value is -1.02. The van der Waals surface area contributed by atoms with Gasteiger partial charge in [0.2, 0.25) is 0 Å². The fraction of sp³-hybridized carbons (Fsp3) is 0.250. The number of rotatable bonds is 4. The summed E-state index contributed by atoms with van der Waals surface area (Å²) in [6.07, 6.45) is 6.81. The molecule has 0 unspecified atom stereocenters. The number of methoxy groups -OCH3 is 1. The maximum absolute atomic E-state index is 5.13. The SMILES string of the molecule is C=C/C(=C/C=C\N)COC. The van der Waals surface area contributed by atoms with E-state index in [0.29, 0.717) is 6.61 Å². The Bertz CT molecular complexity index is 147. The zero-order chi connectivity index (χ0) is 7.82. The lowest BCUT2D eigenvalue weighted by Crippen LogP contribution is -1.89. The van der Waals surface area contributed by atoms with Gasteiger partial charge in [-0.1, -0.05) is 18.7 Å². The number of hydrogen-bond donors (Lipinski definition) is 1. The zero-order valence-electron chi connectivity index (χ0n) is 6.21. The first-order valence-electron chi connectivity index (χ1n) is 3.04. The summed E-state index contributed by atoms with van der Waals surface area (Å²) in [6.45, 7) is 4.19. The number of allylic oxidation sites excluding steroid dienone is 2. The van der Waals surface area contributed by atoms with Crippen LogP contribution in [0.1, 0.15) is 0 Å². The first kappa shape index (κ1) is 8.98. The second-order valence-electron chi connectivity index (χ2n) is 1.76. The molecule has 56 valence electrons. The first-order valence-corrected chi connectivity index (χ1v) is 3.04. The average Bonchev–Trinajstić information content (AvgIpc) is 1.98. The standard InChI is InChI=1S/C8H13NO/c1-3-8(7-10-2)5-4-6-9/h3-6H,1,7,9H2,2H3/b6-4-,8-5-. The lowest BCUT2D eigenvalue weighted by atomic mass is 10.2. The Morgan fingerprint density at radius 2 is 2.40 bits per heavy atom. The van der Waals surface area contributed by atoms with Crippen LogP contribution in [0.25, 0.3) is 0 Å². The molecular weight excluding hydrogens is 126 g/mol. The van der Waals surface area contributed by atoms with E-state index in [-0.39, 0.29) is 0 Å². The van der Waals surface area contributed by atoms with Crippen LogP contribution in [0.3, 0.4) is 0 Å². The predicted molar refractivity (Wildman–Crippen MR) is 43.5 cm³/mol. The fourth-order valence-corrected chi connectivity index (χ4v) is 0.521. The molecule has 0 bridgehead atoms. The van der Waals surface area contributed by atoms with Crippen LogP contribution in [0.15, 0.2) is 36.6 Å². The molecule has 2 heteroatoms. The highest BCUT2D eigenvalue weighted by atomic mass is 16.5. The van der Waals surface area contributed by atoms with Crippen LogP contribution >= 0.6 is 0 Å². The molecule has 0 aliphatic rings. The molecule has 0 radical (unpaired) electrons. The minimum absolute atomic E-state index is 0.577. The van der Waals surface area contributed by atoms with Gasteiger partial charge in [-0.2, -0.15) is 0 Å².